The van der Waals surface area contributed by atoms with Crippen LogP contribution in [0.5, 0.6) is 0 Å². The topological polar surface area (TPSA) is 22.0 Å². The highest BCUT2D eigenvalue weighted by Crippen LogP contribution is 2.28. The molecule has 2 nitrogen and oxygen atoms in total. The fraction of sp³-hybridized carbons (Fsp3) is 0.583. The summed E-state index contributed by atoms with van der Waals surface area (Å²) < 4.78 is 2.18. The molecule has 1 aromatic heterocycles. The SMILES string of the molecule is O=C(CCl)c1ccn(C2CCCCC2)c1. The molecule has 1 aliphatic rings. The number of hydrogen-bond acceptors (Lipinski definition) is 1. The monoisotopic (exact) mass is 225 g/mol. The summed E-state index contributed by atoms with van der Waals surface area (Å²) >= 11 is 5.52. The van der Waals surface area contributed by atoms with Gasteiger partial charge in [0.15, 0.2) is 5.78 Å². The lowest BCUT2D eigenvalue weighted by Gasteiger charge is -2.23. The highest BCUT2D eigenvalue weighted by atomic mass is 35.5. The molecule has 2 rings (SSSR count). The second kappa shape index (κ2) is 4.84. The van der Waals surface area contributed by atoms with Crippen molar-refractivity contribution in [3.05, 3.63) is 24.0 Å². The van der Waals surface area contributed by atoms with Crippen molar-refractivity contribution in [2.75, 3.05) is 5.88 Å². The number of nitrogens with zero attached hydrogens (tertiary/aromatic N) is 1. The van der Waals surface area contributed by atoms with Crippen LogP contribution in [0.1, 0.15) is 48.5 Å². The van der Waals surface area contributed by atoms with E-state index in [0.29, 0.717) is 6.04 Å². The van der Waals surface area contributed by atoms with Crippen LogP contribution in [-0.2, 0) is 0 Å². The van der Waals surface area contributed by atoms with E-state index in [0.717, 1.165) is 5.56 Å². The zero-order valence-electron chi connectivity index (χ0n) is 8.79. The maximum absolute atomic E-state index is 11.4. The first kappa shape index (κ1) is 10.7. The largest absolute Gasteiger partial charge is 0.351 e. The summed E-state index contributed by atoms with van der Waals surface area (Å²) in [6.45, 7) is 0. The Labute approximate surface area is 95.2 Å². The number of carbonyl (C=O) groups excluding carboxylic acids is 1. The number of ketones is 1. The predicted molar refractivity (Wildman–Crippen MR) is 61.6 cm³/mol. The lowest BCUT2D eigenvalue weighted by atomic mass is 9.95. The van der Waals surface area contributed by atoms with Crippen LogP contribution in [0.15, 0.2) is 18.5 Å². The molecule has 1 fully saturated rings. The lowest BCUT2D eigenvalue weighted by Crippen LogP contribution is -2.11. The van der Waals surface area contributed by atoms with Gasteiger partial charge >= 0.3 is 0 Å². The number of rotatable bonds is 3. The Morgan fingerprint density at radius 2 is 2.13 bits per heavy atom. The van der Waals surface area contributed by atoms with E-state index >= 15 is 0 Å². The summed E-state index contributed by atoms with van der Waals surface area (Å²) in [6.07, 6.45) is 10.4. The number of hydrogen-bond donors (Lipinski definition) is 0. The van der Waals surface area contributed by atoms with E-state index in [1.807, 2.05) is 18.5 Å². The highest BCUT2D eigenvalue weighted by Gasteiger charge is 2.15. The Balaban J connectivity index is 2.08. The number of alkyl halides is 1. The van der Waals surface area contributed by atoms with E-state index in [-0.39, 0.29) is 11.7 Å². The molecule has 0 bridgehead atoms. The van der Waals surface area contributed by atoms with Gasteiger partial charge < -0.3 is 4.57 Å². The third-order valence-electron chi connectivity index (χ3n) is 3.15. The van der Waals surface area contributed by atoms with E-state index in [2.05, 4.69) is 4.57 Å². The van der Waals surface area contributed by atoms with Gasteiger partial charge in [-0.25, -0.2) is 0 Å². The standard InChI is InChI=1S/C12H16ClNO/c13-8-12(15)10-6-7-14(9-10)11-4-2-1-3-5-11/h6-7,9,11H,1-5,8H2. The molecule has 0 aromatic carbocycles. The van der Waals surface area contributed by atoms with Crippen molar-refractivity contribution in [1.82, 2.24) is 4.57 Å². The molecule has 0 unspecified atom stereocenters. The molecule has 82 valence electrons. The van der Waals surface area contributed by atoms with Gasteiger partial charge in [0.1, 0.15) is 0 Å². The molecular weight excluding hydrogens is 210 g/mol. The first-order valence-electron chi connectivity index (χ1n) is 5.58. The molecule has 0 saturated heterocycles. The van der Waals surface area contributed by atoms with Crippen LogP contribution in [-0.4, -0.2) is 16.2 Å². The Bertz CT molecular complexity index is 339. The van der Waals surface area contributed by atoms with Gasteiger partial charge in [-0.15, -0.1) is 11.6 Å². The molecule has 0 aliphatic heterocycles. The molecule has 1 heterocycles. The van der Waals surface area contributed by atoms with Crippen molar-refractivity contribution in [2.45, 2.75) is 38.1 Å². The molecule has 1 saturated carbocycles. The molecule has 1 aliphatic carbocycles. The van der Waals surface area contributed by atoms with Crippen molar-refractivity contribution in [1.29, 1.82) is 0 Å². The fourth-order valence-electron chi connectivity index (χ4n) is 2.26. The summed E-state index contributed by atoms with van der Waals surface area (Å²) in [5.41, 5.74) is 0.746. The van der Waals surface area contributed by atoms with Gasteiger partial charge in [-0.3, -0.25) is 4.79 Å². The number of halogens is 1. The normalized spacial score (nSPS) is 17.9. The Kier molecular flexibility index (Phi) is 3.47. The summed E-state index contributed by atoms with van der Waals surface area (Å²) in [6, 6.07) is 2.47. The van der Waals surface area contributed by atoms with Crippen molar-refractivity contribution >= 4 is 17.4 Å². The average Bonchev–Trinajstić information content (AvgIpc) is 2.78. The van der Waals surface area contributed by atoms with Crippen LogP contribution in [0.2, 0.25) is 0 Å². The van der Waals surface area contributed by atoms with Crippen LogP contribution in [0.25, 0.3) is 0 Å². The maximum atomic E-state index is 11.4. The minimum absolute atomic E-state index is 0.0197. The van der Waals surface area contributed by atoms with Crippen LogP contribution in [0.4, 0.5) is 0 Å². The minimum atomic E-state index is 0.0197. The summed E-state index contributed by atoms with van der Waals surface area (Å²) in [5.74, 6) is 0.0977. The van der Waals surface area contributed by atoms with Gasteiger partial charge in [-0.1, -0.05) is 19.3 Å². The first-order chi connectivity index (χ1) is 7.31. The van der Waals surface area contributed by atoms with Crippen molar-refractivity contribution in [3.8, 4) is 0 Å². The van der Waals surface area contributed by atoms with Gasteiger partial charge in [0.2, 0.25) is 0 Å². The van der Waals surface area contributed by atoms with Gasteiger partial charge in [0, 0.05) is 24.0 Å². The minimum Gasteiger partial charge on any atom is -0.351 e. The Morgan fingerprint density at radius 3 is 2.80 bits per heavy atom. The molecule has 0 N–H and O–H groups in total. The zero-order valence-corrected chi connectivity index (χ0v) is 9.54. The van der Waals surface area contributed by atoms with Crippen LogP contribution in [0, 0.1) is 0 Å². The van der Waals surface area contributed by atoms with E-state index < -0.39 is 0 Å². The molecule has 3 heteroatoms. The van der Waals surface area contributed by atoms with Gasteiger partial charge in [-0.2, -0.15) is 0 Å². The first-order valence-corrected chi connectivity index (χ1v) is 6.11. The number of aromatic nitrogens is 1. The van der Waals surface area contributed by atoms with Crippen molar-refractivity contribution in [2.24, 2.45) is 0 Å². The molecule has 0 amide bonds. The van der Waals surface area contributed by atoms with Crippen molar-refractivity contribution in [3.63, 3.8) is 0 Å². The van der Waals surface area contributed by atoms with E-state index in [1.54, 1.807) is 0 Å². The number of carbonyl (C=O) groups is 1. The van der Waals surface area contributed by atoms with Crippen LogP contribution >= 0.6 is 11.6 Å². The Morgan fingerprint density at radius 1 is 1.40 bits per heavy atom. The molecule has 0 radical (unpaired) electrons. The van der Waals surface area contributed by atoms with Gasteiger partial charge in [-0.05, 0) is 18.9 Å². The van der Waals surface area contributed by atoms with Gasteiger partial charge in [0.05, 0.1) is 5.88 Å². The summed E-state index contributed by atoms with van der Waals surface area (Å²) in [7, 11) is 0. The molecule has 1 aromatic rings. The third kappa shape index (κ3) is 2.43. The van der Waals surface area contributed by atoms with Gasteiger partial charge in [0.25, 0.3) is 0 Å². The number of Topliss-reactive ketones (excluding diaryl/α,β-unsaturated/α-hetero) is 1. The smallest absolute Gasteiger partial charge is 0.179 e. The summed E-state index contributed by atoms with van der Waals surface area (Å²) in [4.78, 5) is 11.4. The van der Waals surface area contributed by atoms with Crippen LogP contribution < -0.4 is 0 Å². The second-order valence-electron chi connectivity index (χ2n) is 4.20. The highest BCUT2D eigenvalue weighted by molar-refractivity contribution is 6.30. The molecular formula is C12H16ClNO. The zero-order chi connectivity index (χ0) is 10.7. The average molecular weight is 226 g/mol. The maximum Gasteiger partial charge on any atom is 0.179 e. The Hall–Kier alpha value is -0.760. The third-order valence-corrected chi connectivity index (χ3v) is 3.40. The summed E-state index contributed by atoms with van der Waals surface area (Å²) in [5, 5.41) is 0. The second-order valence-corrected chi connectivity index (χ2v) is 4.46. The quantitative estimate of drug-likeness (QED) is 0.571. The van der Waals surface area contributed by atoms with Crippen molar-refractivity contribution < 1.29 is 4.79 Å². The van der Waals surface area contributed by atoms with E-state index in [4.69, 9.17) is 11.6 Å². The van der Waals surface area contributed by atoms with E-state index in [1.165, 1.54) is 32.1 Å². The lowest BCUT2D eigenvalue weighted by molar-refractivity contribution is 0.102. The predicted octanol–water partition coefficient (Wildman–Crippen LogP) is 3.41. The van der Waals surface area contributed by atoms with E-state index in [9.17, 15) is 4.79 Å². The molecule has 0 spiro atoms. The molecule has 15 heavy (non-hydrogen) atoms. The molecule has 0 atom stereocenters. The van der Waals surface area contributed by atoms with Crippen LogP contribution in [0.3, 0.4) is 0 Å². The fourth-order valence-corrected chi connectivity index (χ4v) is 2.42.